The van der Waals surface area contributed by atoms with Crippen LogP contribution in [0.4, 0.5) is 0 Å². The third-order valence-corrected chi connectivity index (χ3v) is 11.3. The number of phenolic OH excluding ortho intramolecular Hbond substituents is 1. The Morgan fingerprint density at radius 1 is 0.971 bits per heavy atom. The number of carbonyl (C=O) groups excluding carboxylic acids is 1. The summed E-state index contributed by atoms with van der Waals surface area (Å²) in [5.41, 5.74) is 2.48. The number of hydrogen-bond donors (Lipinski definition) is 2. The van der Waals surface area contributed by atoms with E-state index in [2.05, 4.69) is 13.8 Å². The van der Waals surface area contributed by atoms with Crippen molar-refractivity contribution in [3.05, 3.63) is 89.0 Å². The minimum absolute atomic E-state index is 0.0306. The molecular formula is C29H36O4Si. The van der Waals surface area contributed by atoms with Crippen LogP contribution in [0, 0.1) is 13.8 Å². The van der Waals surface area contributed by atoms with Gasteiger partial charge in [0.15, 0.2) is 0 Å². The Bertz CT molecular complexity index is 1080. The normalized spacial score (nSPS) is 11.9. The lowest BCUT2D eigenvalue weighted by molar-refractivity contribution is 0.0495. The Kier molecular flexibility index (Phi) is 8.00. The molecule has 0 aromatic heterocycles. The molecule has 5 heteroatoms. The van der Waals surface area contributed by atoms with Crippen LogP contribution in [0.1, 0.15) is 60.7 Å². The Hall–Kier alpha value is -2.89. The molecule has 0 spiro atoms. The van der Waals surface area contributed by atoms with E-state index in [1.807, 2.05) is 87.5 Å². The first-order valence-electron chi connectivity index (χ1n) is 12.0. The van der Waals surface area contributed by atoms with Gasteiger partial charge in [0.1, 0.15) is 11.3 Å². The van der Waals surface area contributed by atoms with Gasteiger partial charge in [0.25, 0.3) is 8.32 Å². The molecule has 3 aromatic rings. The fourth-order valence-electron chi connectivity index (χ4n) is 4.70. The molecule has 0 unspecified atom stereocenters. The molecular weight excluding hydrogens is 440 g/mol. The predicted octanol–water partition coefficient (Wildman–Crippen LogP) is 5.04. The zero-order valence-electron chi connectivity index (χ0n) is 20.9. The fourth-order valence-corrected chi connectivity index (χ4v) is 8.39. The van der Waals surface area contributed by atoms with Crippen LogP contribution in [0.5, 0.6) is 5.75 Å². The predicted molar refractivity (Wildman–Crippen MR) is 141 cm³/mol. The van der Waals surface area contributed by atoms with Gasteiger partial charge in [-0.1, -0.05) is 93.9 Å². The van der Waals surface area contributed by atoms with Crippen LogP contribution in [0.3, 0.4) is 0 Å². The second kappa shape index (κ2) is 10.6. The summed E-state index contributed by atoms with van der Waals surface area (Å²) in [6, 6.07) is 21.8. The lowest BCUT2D eigenvalue weighted by atomic mass is 9.92. The van der Waals surface area contributed by atoms with E-state index in [1.54, 1.807) is 0 Å². The Labute approximate surface area is 204 Å². The van der Waals surface area contributed by atoms with E-state index in [0.717, 1.165) is 28.8 Å². The second-order valence-electron chi connectivity index (χ2n) is 9.69. The van der Waals surface area contributed by atoms with Gasteiger partial charge >= 0.3 is 5.97 Å². The smallest absolute Gasteiger partial charge is 0.342 e. The summed E-state index contributed by atoms with van der Waals surface area (Å²) < 4.78 is 5.36. The SMILES string of the molecule is CCCCOC(=O)c1c(C)cc(CC(C)(C)[Si](O)(c2ccccc2)c2ccccc2)c(C)c1O. The van der Waals surface area contributed by atoms with Crippen LogP contribution in [0.15, 0.2) is 66.7 Å². The minimum atomic E-state index is -3.20. The molecule has 34 heavy (non-hydrogen) atoms. The van der Waals surface area contributed by atoms with E-state index in [4.69, 9.17) is 4.74 Å². The van der Waals surface area contributed by atoms with Gasteiger partial charge in [-0.15, -0.1) is 0 Å². The lowest BCUT2D eigenvalue weighted by Gasteiger charge is -2.41. The third-order valence-electron chi connectivity index (χ3n) is 6.79. The van der Waals surface area contributed by atoms with Crippen LogP contribution in [-0.2, 0) is 11.2 Å². The molecule has 3 rings (SSSR count). The Morgan fingerprint density at radius 2 is 1.50 bits per heavy atom. The molecule has 0 aliphatic carbocycles. The molecule has 4 nitrogen and oxygen atoms in total. The highest BCUT2D eigenvalue weighted by molar-refractivity contribution is 6.98. The number of phenols is 1. The lowest BCUT2D eigenvalue weighted by Crippen LogP contribution is -2.65. The highest BCUT2D eigenvalue weighted by Gasteiger charge is 2.50. The summed E-state index contributed by atoms with van der Waals surface area (Å²) >= 11 is 0. The summed E-state index contributed by atoms with van der Waals surface area (Å²) in [5, 5.41) is 12.3. The van der Waals surface area contributed by atoms with Gasteiger partial charge in [-0.2, -0.15) is 0 Å². The van der Waals surface area contributed by atoms with Crippen molar-refractivity contribution in [3.8, 4) is 5.75 Å². The maximum absolute atomic E-state index is 12.6. The molecule has 0 aliphatic rings. The van der Waals surface area contributed by atoms with Crippen molar-refractivity contribution in [2.75, 3.05) is 6.61 Å². The summed E-state index contributed by atoms with van der Waals surface area (Å²) in [4.78, 5) is 25.1. The largest absolute Gasteiger partial charge is 0.507 e. The van der Waals surface area contributed by atoms with Crippen LogP contribution >= 0.6 is 0 Å². The van der Waals surface area contributed by atoms with E-state index in [9.17, 15) is 14.7 Å². The summed E-state index contributed by atoms with van der Waals surface area (Å²) in [7, 11) is -3.20. The van der Waals surface area contributed by atoms with Gasteiger partial charge in [-0.25, -0.2) is 4.79 Å². The van der Waals surface area contributed by atoms with E-state index >= 15 is 0 Å². The van der Waals surface area contributed by atoms with Crippen LogP contribution in [0.2, 0.25) is 5.04 Å². The van der Waals surface area contributed by atoms with Crippen molar-refractivity contribution < 1.29 is 19.4 Å². The maximum Gasteiger partial charge on any atom is 0.342 e. The highest BCUT2D eigenvalue weighted by atomic mass is 28.4. The molecule has 0 atom stereocenters. The van der Waals surface area contributed by atoms with Crippen molar-refractivity contribution in [1.82, 2.24) is 0 Å². The molecule has 0 saturated carbocycles. The molecule has 0 aliphatic heterocycles. The molecule has 0 fully saturated rings. The standard InChI is InChI=1S/C29H36O4Si/c1-6-7-18-33-28(31)26-21(2)19-23(22(3)27(26)30)20-29(4,5)34(32,24-14-10-8-11-15-24)25-16-12-9-13-17-25/h8-17,19,30,32H,6-7,18,20H2,1-5H3. The zero-order valence-corrected chi connectivity index (χ0v) is 21.9. The van der Waals surface area contributed by atoms with Gasteiger partial charge in [-0.3, -0.25) is 0 Å². The Morgan fingerprint density at radius 3 is 2.00 bits per heavy atom. The molecule has 3 aromatic carbocycles. The molecule has 0 saturated heterocycles. The molecule has 0 amide bonds. The van der Waals surface area contributed by atoms with Crippen molar-refractivity contribution in [2.24, 2.45) is 0 Å². The molecule has 2 N–H and O–H groups in total. The topological polar surface area (TPSA) is 66.8 Å². The molecule has 0 bridgehead atoms. The van der Waals surface area contributed by atoms with Crippen molar-refractivity contribution in [1.29, 1.82) is 0 Å². The number of unbranched alkanes of at least 4 members (excludes halogenated alkanes) is 1. The first kappa shape index (κ1) is 25.7. The van der Waals surface area contributed by atoms with Gasteiger partial charge in [-0.05, 0) is 58.8 Å². The minimum Gasteiger partial charge on any atom is -0.507 e. The second-order valence-corrected chi connectivity index (χ2v) is 13.6. The number of rotatable bonds is 9. The number of benzene rings is 3. The number of carbonyl (C=O) groups is 1. The maximum atomic E-state index is 12.6. The van der Waals surface area contributed by atoms with Crippen LogP contribution in [-0.4, -0.2) is 30.8 Å². The zero-order chi connectivity index (χ0) is 24.9. The number of aromatic hydroxyl groups is 1. The third kappa shape index (κ3) is 4.96. The van der Waals surface area contributed by atoms with Crippen LogP contribution < -0.4 is 10.4 Å². The molecule has 0 radical (unpaired) electrons. The van der Waals surface area contributed by atoms with E-state index in [1.165, 1.54) is 0 Å². The van der Waals surface area contributed by atoms with Gasteiger partial charge in [0.05, 0.1) is 6.61 Å². The van der Waals surface area contributed by atoms with E-state index in [-0.39, 0.29) is 11.3 Å². The monoisotopic (exact) mass is 476 g/mol. The van der Waals surface area contributed by atoms with E-state index in [0.29, 0.717) is 24.2 Å². The number of hydrogen-bond acceptors (Lipinski definition) is 4. The average Bonchev–Trinajstić information content (AvgIpc) is 2.83. The first-order valence-corrected chi connectivity index (χ1v) is 13.9. The van der Waals surface area contributed by atoms with E-state index < -0.39 is 19.3 Å². The number of esters is 1. The van der Waals surface area contributed by atoms with Crippen molar-refractivity contribution >= 4 is 24.7 Å². The van der Waals surface area contributed by atoms with Gasteiger partial charge < -0.3 is 14.6 Å². The highest BCUT2D eigenvalue weighted by Crippen LogP contribution is 2.41. The molecule has 0 heterocycles. The Balaban J connectivity index is 2.04. The van der Waals surface area contributed by atoms with Crippen molar-refractivity contribution in [3.63, 3.8) is 0 Å². The summed E-state index contributed by atoms with van der Waals surface area (Å²) in [6.45, 7) is 10.2. The first-order chi connectivity index (χ1) is 16.1. The molecule has 180 valence electrons. The number of ether oxygens (including phenoxy) is 1. The van der Waals surface area contributed by atoms with Crippen LogP contribution in [0.25, 0.3) is 0 Å². The average molecular weight is 477 g/mol. The summed E-state index contributed by atoms with van der Waals surface area (Å²) in [6.07, 6.45) is 2.27. The van der Waals surface area contributed by atoms with Gasteiger partial charge in [0, 0.05) is 0 Å². The van der Waals surface area contributed by atoms with Crippen molar-refractivity contribution in [2.45, 2.75) is 58.9 Å². The quantitative estimate of drug-likeness (QED) is 0.258. The summed E-state index contributed by atoms with van der Waals surface area (Å²) in [5.74, 6) is -0.520. The van der Waals surface area contributed by atoms with Gasteiger partial charge in [0.2, 0.25) is 0 Å². The number of aryl methyl sites for hydroxylation is 1. The fraction of sp³-hybridized carbons (Fsp3) is 0.345.